The van der Waals surface area contributed by atoms with Crippen LogP contribution in [0.3, 0.4) is 0 Å². The van der Waals surface area contributed by atoms with Gasteiger partial charge in [-0.05, 0) is 40.6 Å². The number of hydrogen-bond donors (Lipinski definition) is 1. The number of benzene rings is 1. The second kappa shape index (κ2) is 8.40. The van der Waals surface area contributed by atoms with Crippen molar-refractivity contribution in [3.63, 3.8) is 0 Å². The zero-order chi connectivity index (χ0) is 20.4. The van der Waals surface area contributed by atoms with Crippen LogP contribution in [-0.4, -0.2) is 43.4 Å². The van der Waals surface area contributed by atoms with E-state index in [4.69, 9.17) is 11.6 Å². The number of fused-ring (bicyclic) bond motifs is 1. The maximum absolute atomic E-state index is 12.4. The highest BCUT2D eigenvalue weighted by Crippen LogP contribution is 2.20. The Bertz CT molecular complexity index is 1220. The lowest BCUT2D eigenvalue weighted by molar-refractivity contribution is -0.127. The summed E-state index contributed by atoms with van der Waals surface area (Å²) < 4.78 is 1.56. The fraction of sp³-hybridized carbons (Fsp3) is 0.158. The molecule has 0 bridgehead atoms. The summed E-state index contributed by atoms with van der Waals surface area (Å²) in [6.45, 7) is 0.549. The normalized spacial score (nSPS) is 11.1. The number of carbonyl (C=O) groups excluding carboxylic acids is 1. The number of carbonyl (C=O) groups is 1. The molecule has 10 heteroatoms. The van der Waals surface area contributed by atoms with Gasteiger partial charge in [0.05, 0.1) is 17.6 Å². The van der Waals surface area contributed by atoms with E-state index in [9.17, 15) is 9.59 Å². The predicted molar refractivity (Wildman–Crippen MR) is 116 cm³/mol. The molecule has 148 valence electrons. The number of amides is 1. The van der Waals surface area contributed by atoms with E-state index in [1.165, 1.54) is 18.0 Å². The van der Waals surface area contributed by atoms with E-state index in [1.807, 2.05) is 22.9 Å². The Labute approximate surface area is 179 Å². The smallest absolute Gasteiger partial charge is 0.262 e. The summed E-state index contributed by atoms with van der Waals surface area (Å²) in [4.78, 5) is 33.7. The maximum atomic E-state index is 12.4. The number of rotatable bonds is 6. The van der Waals surface area contributed by atoms with E-state index < -0.39 is 0 Å². The van der Waals surface area contributed by atoms with Crippen molar-refractivity contribution < 1.29 is 4.79 Å². The van der Waals surface area contributed by atoms with Gasteiger partial charge < -0.3 is 9.88 Å². The molecule has 4 rings (SSSR count). The van der Waals surface area contributed by atoms with E-state index >= 15 is 0 Å². The van der Waals surface area contributed by atoms with Gasteiger partial charge in [0, 0.05) is 18.6 Å². The van der Waals surface area contributed by atoms with Crippen molar-refractivity contribution in [1.29, 1.82) is 0 Å². The van der Waals surface area contributed by atoms with Gasteiger partial charge in [-0.1, -0.05) is 29.4 Å². The molecule has 3 heterocycles. The Morgan fingerprint density at radius 3 is 3.00 bits per heavy atom. The molecule has 0 atom stereocenters. The van der Waals surface area contributed by atoms with Gasteiger partial charge in [-0.25, -0.2) is 9.67 Å². The Hall–Kier alpha value is -2.62. The van der Waals surface area contributed by atoms with Crippen molar-refractivity contribution in [3.8, 4) is 5.69 Å². The molecule has 0 saturated carbocycles. The maximum Gasteiger partial charge on any atom is 0.262 e. The highest BCUT2D eigenvalue weighted by atomic mass is 35.5. The molecule has 29 heavy (non-hydrogen) atoms. The Morgan fingerprint density at radius 2 is 2.24 bits per heavy atom. The zero-order valence-corrected chi connectivity index (χ0v) is 17.7. The first-order valence-electron chi connectivity index (χ1n) is 8.63. The van der Waals surface area contributed by atoms with Crippen LogP contribution in [0.2, 0.25) is 5.02 Å². The average Bonchev–Trinajstić information content (AvgIpc) is 3.36. The summed E-state index contributed by atoms with van der Waals surface area (Å²) in [5.74, 6) is 0.118. The third kappa shape index (κ3) is 4.36. The summed E-state index contributed by atoms with van der Waals surface area (Å²) in [6.07, 6.45) is 1.47. The number of aromatic nitrogens is 4. The third-order valence-corrected chi connectivity index (χ3v) is 6.05. The molecule has 4 aromatic rings. The summed E-state index contributed by atoms with van der Waals surface area (Å²) in [7, 11) is 1.76. The molecule has 0 fully saturated rings. The Balaban J connectivity index is 1.54. The molecule has 0 unspecified atom stereocenters. The summed E-state index contributed by atoms with van der Waals surface area (Å²) in [5.41, 5.74) is 1.91. The van der Waals surface area contributed by atoms with Crippen LogP contribution in [-0.2, 0) is 11.3 Å². The fourth-order valence-electron chi connectivity index (χ4n) is 2.75. The van der Waals surface area contributed by atoms with Crippen LogP contribution in [0.25, 0.3) is 16.7 Å². The number of halogens is 1. The van der Waals surface area contributed by atoms with Crippen molar-refractivity contribution >= 4 is 51.6 Å². The second-order valence-corrected chi connectivity index (χ2v) is 8.50. The van der Waals surface area contributed by atoms with Crippen LogP contribution >= 0.6 is 34.7 Å². The fourth-order valence-corrected chi connectivity index (χ4v) is 4.39. The van der Waals surface area contributed by atoms with Crippen molar-refractivity contribution in [2.45, 2.75) is 11.7 Å². The predicted octanol–water partition coefficient (Wildman–Crippen LogP) is 3.57. The molecule has 7 nitrogen and oxygen atoms in total. The molecule has 0 aliphatic heterocycles. The summed E-state index contributed by atoms with van der Waals surface area (Å²) >= 11 is 8.85. The SMILES string of the molecule is CN(Cc1ccsc1)C(=O)CSc1nc2c(cnn2-c2cccc(Cl)c2)c(=O)[nH]1. The molecule has 1 N–H and O–H groups in total. The number of nitrogens with one attached hydrogen (secondary N) is 1. The average molecular weight is 446 g/mol. The Kier molecular flexibility index (Phi) is 5.70. The van der Waals surface area contributed by atoms with Crippen LogP contribution < -0.4 is 5.56 Å². The topological polar surface area (TPSA) is 83.9 Å². The minimum absolute atomic E-state index is 0.0488. The molecule has 0 spiro atoms. The van der Waals surface area contributed by atoms with Crippen LogP contribution in [0.5, 0.6) is 0 Å². The minimum Gasteiger partial charge on any atom is -0.341 e. The lowest BCUT2D eigenvalue weighted by Gasteiger charge is -2.15. The highest BCUT2D eigenvalue weighted by molar-refractivity contribution is 7.99. The molecule has 0 aliphatic rings. The first-order valence-corrected chi connectivity index (χ1v) is 10.9. The minimum atomic E-state index is -0.301. The van der Waals surface area contributed by atoms with Crippen molar-refractivity contribution in [2.24, 2.45) is 0 Å². The van der Waals surface area contributed by atoms with Crippen molar-refractivity contribution in [3.05, 3.63) is 68.2 Å². The van der Waals surface area contributed by atoms with E-state index in [-0.39, 0.29) is 17.2 Å². The van der Waals surface area contributed by atoms with Crippen LogP contribution in [0, 0.1) is 0 Å². The molecular formula is C19H16ClN5O2S2. The van der Waals surface area contributed by atoms with Gasteiger partial charge in [-0.2, -0.15) is 16.4 Å². The molecule has 3 aromatic heterocycles. The van der Waals surface area contributed by atoms with Gasteiger partial charge >= 0.3 is 0 Å². The quantitative estimate of drug-likeness (QED) is 0.362. The third-order valence-electron chi connectivity index (χ3n) is 4.23. The molecule has 0 saturated heterocycles. The summed E-state index contributed by atoms with van der Waals surface area (Å²) in [5, 5.41) is 9.56. The molecule has 1 amide bonds. The van der Waals surface area contributed by atoms with Crippen molar-refractivity contribution in [1.82, 2.24) is 24.6 Å². The van der Waals surface area contributed by atoms with E-state index in [0.717, 1.165) is 5.56 Å². The van der Waals surface area contributed by atoms with Gasteiger partial charge in [-0.15, -0.1) is 0 Å². The molecule has 0 radical (unpaired) electrons. The van der Waals surface area contributed by atoms with Crippen LogP contribution in [0.15, 0.2) is 57.2 Å². The van der Waals surface area contributed by atoms with Crippen LogP contribution in [0.1, 0.15) is 5.56 Å². The number of aromatic amines is 1. The first kappa shape index (κ1) is 19.7. The largest absolute Gasteiger partial charge is 0.341 e. The zero-order valence-electron chi connectivity index (χ0n) is 15.3. The van der Waals surface area contributed by atoms with Crippen LogP contribution in [0.4, 0.5) is 0 Å². The second-order valence-electron chi connectivity index (χ2n) is 6.31. The van der Waals surface area contributed by atoms with E-state index in [0.29, 0.717) is 33.4 Å². The number of nitrogens with zero attached hydrogens (tertiary/aromatic N) is 4. The Morgan fingerprint density at radius 1 is 1.38 bits per heavy atom. The van der Waals surface area contributed by atoms with Gasteiger partial charge in [0.1, 0.15) is 5.39 Å². The highest BCUT2D eigenvalue weighted by Gasteiger charge is 2.15. The van der Waals surface area contributed by atoms with Crippen molar-refractivity contribution in [2.75, 3.05) is 12.8 Å². The summed E-state index contributed by atoms with van der Waals surface area (Å²) in [6, 6.07) is 9.13. The first-order chi connectivity index (χ1) is 14.0. The van der Waals surface area contributed by atoms with E-state index in [2.05, 4.69) is 15.1 Å². The molecular weight excluding hydrogens is 430 g/mol. The molecule has 0 aliphatic carbocycles. The lowest BCUT2D eigenvalue weighted by atomic mass is 10.3. The standard InChI is InChI=1S/C19H16ClN5O2S2/c1-24(9-12-5-6-28-10-12)16(26)11-29-19-22-17-15(18(27)23-19)8-21-25(17)14-4-2-3-13(20)7-14/h2-8,10H,9,11H2,1H3,(H,22,23,27). The number of hydrogen-bond acceptors (Lipinski definition) is 6. The van der Waals surface area contributed by atoms with E-state index in [1.54, 1.807) is 46.2 Å². The van der Waals surface area contributed by atoms with Gasteiger partial charge in [0.2, 0.25) is 5.91 Å². The van der Waals surface area contributed by atoms with Gasteiger partial charge in [0.15, 0.2) is 10.8 Å². The monoisotopic (exact) mass is 445 g/mol. The number of thioether (sulfide) groups is 1. The van der Waals surface area contributed by atoms with Gasteiger partial charge in [-0.3, -0.25) is 9.59 Å². The lowest BCUT2D eigenvalue weighted by Crippen LogP contribution is -2.27. The molecule has 1 aromatic carbocycles. The van der Waals surface area contributed by atoms with Gasteiger partial charge in [0.25, 0.3) is 5.56 Å². The number of H-pyrrole nitrogens is 1. The number of thiophene rings is 1.